The molecule has 2 atom stereocenters. The number of carbonyl (C=O) groups is 1. The average Bonchev–Trinajstić information content (AvgIpc) is 3.30. The topological polar surface area (TPSA) is 59.7 Å². The van der Waals surface area contributed by atoms with Gasteiger partial charge in [-0.3, -0.25) is 9.79 Å². The summed E-state index contributed by atoms with van der Waals surface area (Å²) in [4.78, 5) is 21.2. The Hall–Kier alpha value is -4.57. The molecule has 3 rings (SSSR count). The Bertz CT molecular complexity index is 1480. The van der Waals surface area contributed by atoms with Crippen molar-refractivity contribution in [3.05, 3.63) is 126 Å². The van der Waals surface area contributed by atoms with Gasteiger partial charge in [0, 0.05) is 54.6 Å². The predicted octanol–water partition coefficient (Wildman–Crippen LogP) is 8.50. The highest BCUT2D eigenvalue weighted by atomic mass is 19.1. The molecular formula is C38H46F2N4O. The summed E-state index contributed by atoms with van der Waals surface area (Å²) in [7, 11) is 0. The quantitative estimate of drug-likeness (QED) is 0.151. The van der Waals surface area contributed by atoms with Gasteiger partial charge < -0.3 is 9.80 Å². The molecule has 0 saturated carbocycles. The first kappa shape index (κ1) is 36.6. The number of hydrogen-bond donors (Lipinski definition) is 0. The zero-order valence-electron chi connectivity index (χ0n) is 27.3. The third kappa shape index (κ3) is 9.71. The molecule has 5 nitrogen and oxygen atoms in total. The smallest absolute Gasteiger partial charge is 0.256 e. The number of hydrogen-bond acceptors (Lipinski definition) is 4. The van der Waals surface area contributed by atoms with E-state index in [0.717, 1.165) is 28.1 Å². The number of nitrogens with zero attached hydrogens (tertiary/aromatic N) is 4. The van der Waals surface area contributed by atoms with Crippen LogP contribution in [0.2, 0.25) is 0 Å². The molecule has 1 fully saturated rings. The number of nitriles is 1. The first-order chi connectivity index (χ1) is 21.6. The highest BCUT2D eigenvalue weighted by Gasteiger charge is 2.31. The van der Waals surface area contributed by atoms with E-state index in [9.17, 15) is 14.4 Å². The predicted molar refractivity (Wildman–Crippen MR) is 184 cm³/mol. The number of rotatable bonds is 10. The molecule has 1 amide bonds. The lowest BCUT2D eigenvalue weighted by molar-refractivity contribution is -0.138. The van der Waals surface area contributed by atoms with E-state index in [4.69, 9.17) is 4.99 Å². The molecule has 1 unspecified atom stereocenters. The van der Waals surface area contributed by atoms with Crippen molar-refractivity contribution in [1.29, 1.82) is 5.26 Å². The Morgan fingerprint density at radius 2 is 1.96 bits per heavy atom. The number of piperazine rings is 1. The highest BCUT2D eigenvalue weighted by Crippen LogP contribution is 2.34. The minimum absolute atomic E-state index is 0.108. The Morgan fingerprint density at radius 3 is 2.56 bits per heavy atom. The fourth-order valence-corrected chi connectivity index (χ4v) is 5.51. The summed E-state index contributed by atoms with van der Waals surface area (Å²) >= 11 is 0. The second kappa shape index (κ2) is 18.3. The molecule has 0 bridgehead atoms. The van der Waals surface area contributed by atoms with Crippen LogP contribution in [0.4, 0.5) is 8.78 Å². The largest absolute Gasteiger partial charge is 0.368 e. The molecule has 7 heteroatoms. The minimum atomic E-state index is -1.55. The average molecular weight is 613 g/mol. The number of halogens is 2. The Labute approximate surface area is 268 Å². The van der Waals surface area contributed by atoms with Crippen molar-refractivity contribution in [1.82, 2.24) is 9.80 Å². The maximum atomic E-state index is 15.4. The molecule has 2 aliphatic rings. The van der Waals surface area contributed by atoms with E-state index in [-0.39, 0.29) is 11.9 Å². The van der Waals surface area contributed by atoms with Crippen molar-refractivity contribution in [2.45, 2.75) is 59.7 Å². The van der Waals surface area contributed by atoms with Gasteiger partial charge in [0.1, 0.15) is 5.82 Å². The molecular weight excluding hydrogens is 566 g/mol. The summed E-state index contributed by atoms with van der Waals surface area (Å²) < 4.78 is 29.2. The lowest BCUT2D eigenvalue weighted by Gasteiger charge is -2.43. The number of alkyl halides is 1. The van der Waals surface area contributed by atoms with Crippen molar-refractivity contribution < 1.29 is 13.6 Å². The van der Waals surface area contributed by atoms with Crippen LogP contribution in [0.25, 0.3) is 5.57 Å². The molecule has 1 heterocycles. The fraction of sp³-hybridized carbons (Fsp3) is 0.342. The van der Waals surface area contributed by atoms with Gasteiger partial charge in [0.15, 0.2) is 6.17 Å². The van der Waals surface area contributed by atoms with Gasteiger partial charge in [-0.1, -0.05) is 55.2 Å². The maximum Gasteiger partial charge on any atom is 0.256 e. The first-order valence-electron chi connectivity index (χ1n) is 15.2. The minimum Gasteiger partial charge on any atom is -0.368 e. The summed E-state index contributed by atoms with van der Waals surface area (Å²) in [6, 6.07) is 8.81. The van der Waals surface area contributed by atoms with Gasteiger partial charge in [-0.15, -0.1) is 13.2 Å². The Kier molecular flexibility index (Phi) is 14.9. The van der Waals surface area contributed by atoms with Crippen molar-refractivity contribution in [3.8, 4) is 6.07 Å². The van der Waals surface area contributed by atoms with E-state index in [2.05, 4.69) is 30.7 Å². The van der Waals surface area contributed by atoms with Crippen LogP contribution < -0.4 is 0 Å². The maximum absolute atomic E-state index is 15.4. The third-order valence-electron chi connectivity index (χ3n) is 7.75. The van der Waals surface area contributed by atoms with E-state index < -0.39 is 12.1 Å². The van der Waals surface area contributed by atoms with Gasteiger partial charge >= 0.3 is 0 Å². The van der Waals surface area contributed by atoms with Gasteiger partial charge in [0.25, 0.3) is 5.91 Å². The van der Waals surface area contributed by atoms with E-state index in [0.29, 0.717) is 55.7 Å². The van der Waals surface area contributed by atoms with Crippen molar-refractivity contribution in [3.63, 3.8) is 0 Å². The van der Waals surface area contributed by atoms with Crippen LogP contribution in [-0.4, -0.2) is 59.8 Å². The number of amides is 1. The molecule has 0 N–H and O–H groups in total. The van der Waals surface area contributed by atoms with Crippen LogP contribution in [0.1, 0.15) is 53.0 Å². The second-order valence-electron chi connectivity index (χ2n) is 10.8. The van der Waals surface area contributed by atoms with Crippen molar-refractivity contribution in [2.24, 2.45) is 4.99 Å². The molecule has 1 saturated heterocycles. The van der Waals surface area contributed by atoms with Crippen molar-refractivity contribution >= 4 is 17.2 Å². The second-order valence-corrected chi connectivity index (χ2v) is 10.8. The number of benzene rings is 1. The molecule has 45 heavy (non-hydrogen) atoms. The molecule has 1 aliphatic heterocycles. The lowest BCUT2D eigenvalue weighted by Crippen LogP contribution is -2.54. The van der Waals surface area contributed by atoms with Crippen LogP contribution in [0.3, 0.4) is 0 Å². The number of aliphatic imine (C=N–C) groups is 1. The fourth-order valence-electron chi connectivity index (χ4n) is 5.51. The monoisotopic (exact) mass is 612 g/mol. The van der Waals surface area contributed by atoms with Crippen LogP contribution in [0.5, 0.6) is 0 Å². The van der Waals surface area contributed by atoms with Gasteiger partial charge in [-0.05, 0) is 76.0 Å². The normalized spacial score (nSPS) is 18.6. The molecule has 0 spiro atoms. The van der Waals surface area contributed by atoms with Gasteiger partial charge in [-0.25, -0.2) is 8.78 Å². The SMILES string of the molecule is C=C.C=C(CC(=NC/C=C\C)C(/C(=C\C)c1ccccc1F)=C(\C)N1CCN(C(=O)C(C)F)C[C@@H]1C)C1=CC(C#N)=CC=CC1. The summed E-state index contributed by atoms with van der Waals surface area (Å²) in [6.45, 7) is 21.2. The molecule has 238 valence electrons. The first-order valence-corrected chi connectivity index (χ1v) is 15.2. The Morgan fingerprint density at radius 1 is 1.24 bits per heavy atom. The van der Waals surface area contributed by atoms with Crippen molar-refractivity contribution in [2.75, 3.05) is 26.2 Å². The van der Waals surface area contributed by atoms with Gasteiger partial charge in [0.05, 0.1) is 18.2 Å². The van der Waals surface area contributed by atoms with Crippen LogP contribution >= 0.6 is 0 Å². The van der Waals surface area contributed by atoms with E-state index >= 15 is 4.39 Å². The number of carbonyl (C=O) groups excluding carboxylic acids is 1. The van der Waals surface area contributed by atoms with E-state index in [1.165, 1.54) is 13.0 Å². The van der Waals surface area contributed by atoms with Gasteiger partial charge in [0.2, 0.25) is 0 Å². The summed E-state index contributed by atoms with van der Waals surface area (Å²) in [5.74, 6) is -0.844. The Balaban J connectivity index is 0.00000345. The van der Waals surface area contributed by atoms with Crippen LogP contribution in [-0.2, 0) is 4.79 Å². The van der Waals surface area contributed by atoms with E-state index in [1.54, 1.807) is 23.1 Å². The standard InChI is InChI=1S/C36H42F2N4O.C2H4/c1-7-9-18-40-34(21-25(3)30-15-11-10-14-29(22-30)23-39)35(31(8-2)32-16-12-13-17-33(32)38)28(6)42-20-19-41(24-26(42)4)36(43)27(5)37;1-2/h7-14,16-17,22,26-27H,3,15,18-21,24H2,1-2,4-6H3;1-2H2/b9-7-,31-8-,35-28+,40-34?;/t26-,27?;/m0./s1. The zero-order chi connectivity index (χ0) is 33.5. The van der Waals surface area contributed by atoms with E-state index in [1.807, 2.05) is 70.2 Å². The lowest BCUT2D eigenvalue weighted by atomic mass is 9.87. The van der Waals surface area contributed by atoms with Crippen LogP contribution in [0.15, 0.2) is 120 Å². The molecule has 1 aliphatic carbocycles. The van der Waals surface area contributed by atoms with Crippen LogP contribution in [0, 0.1) is 17.1 Å². The molecule has 0 radical (unpaired) electrons. The summed E-state index contributed by atoms with van der Waals surface area (Å²) in [6.07, 6.45) is 12.8. The molecule has 1 aromatic carbocycles. The van der Waals surface area contributed by atoms with Gasteiger partial charge in [-0.2, -0.15) is 5.26 Å². The highest BCUT2D eigenvalue weighted by molar-refractivity contribution is 6.15. The molecule has 0 aromatic heterocycles. The zero-order valence-corrected chi connectivity index (χ0v) is 27.3. The summed E-state index contributed by atoms with van der Waals surface area (Å²) in [5.41, 5.74) is 5.91. The number of allylic oxidation sites excluding steroid dienone is 12. The summed E-state index contributed by atoms with van der Waals surface area (Å²) in [5, 5.41) is 9.55. The molecule has 1 aromatic rings. The third-order valence-corrected chi connectivity index (χ3v) is 7.75.